The molecule has 6 heteroatoms. The van der Waals surface area contributed by atoms with E-state index < -0.39 is 5.54 Å². The molecule has 3 N–H and O–H groups in total. The van der Waals surface area contributed by atoms with Crippen LogP contribution in [0.4, 0.5) is 0 Å². The van der Waals surface area contributed by atoms with Gasteiger partial charge in [0.25, 0.3) is 5.56 Å². The van der Waals surface area contributed by atoms with Crippen LogP contribution in [0.2, 0.25) is 0 Å². The van der Waals surface area contributed by atoms with Crippen LogP contribution in [0.15, 0.2) is 29.2 Å². The molecule has 0 saturated heterocycles. The van der Waals surface area contributed by atoms with Gasteiger partial charge in [-0.3, -0.25) is 9.59 Å². The monoisotopic (exact) mass is 259 g/mol. The van der Waals surface area contributed by atoms with Crippen LogP contribution in [0.25, 0.3) is 0 Å². The standard InChI is InChI=1S/C11H17N3O2.ClH/c1-11(2,12)8-13-9(15)7-14-6-4-3-5-10(14)16;/h3-6H,7-8,12H2,1-2H3,(H,13,15);1H. The van der Waals surface area contributed by atoms with E-state index in [2.05, 4.69) is 5.32 Å². The van der Waals surface area contributed by atoms with Crippen LogP contribution in [0.5, 0.6) is 0 Å². The van der Waals surface area contributed by atoms with Crippen molar-refractivity contribution in [3.05, 3.63) is 34.7 Å². The minimum Gasteiger partial charge on any atom is -0.353 e. The molecular formula is C11H18ClN3O2. The van der Waals surface area contributed by atoms with Crippen molar-refractivity contribution in [3.63, 3.8) is 0 Å². The van der Waals surface area contributed by atoms with Crippen LogP contribution in [-0.4, -0.2) is 22.6 Å². The van der Waals surface area contributed by atoms with E-state index in [4.69, 9.17) is 5.73 Å². The third-order valence-electron chi connectivity index (χ3n) is 1.95. The molecule has 0 saturated carbocycles. The van der Waals surface area contributed by atoms with Gasteiger partial charge < -0.3 is 15.6 Å². The van der Waals surface area contributed by atoms with Crippen LogP contribution in [0.1, 0.15) is 13.8 Å². The maximum atomic E-state index is 11.5. The molecule has 1 aromatic rings. The van der Waals surface area contributed by atoms with Crippen molar-refractivity contribution in [1.29, 1.82) is 0 Å². The Bertz CT molecular complexity index is 423. The topological polar surface area (TPSA) is 77.1 Å². The Hall–Kier alpha value is -1.33. The minimum absolute atomic E-state index is 0. The van der Waals surface area contributed by atoms with E-state index in [1.807, 2.05) is 13.8 Å². The minimum atomic E-state index is -0.447. The van der Waals surface area contributed by atoms with Crippen molar-refractivity contribution >= 4 is 18.3 Å². The SMILES string of the molecule is CC(C)(N)CNC(=O)Cn1ccccc1=O.Cl. The highest BCUT2D eigenvalue weighted by Crippen LogP contribution is 1.92. The Morgan fingerprint density at radius 1 is 1.47 bits per heavy atom. The van der Waals surface area contributed by atoms with E-state index in [9.17, 15) is 9.59 Å². The van der Waals surface area contributed by atoms with Crippen molar-refractivity contribution in [3.8, 4) is 0 Å². The smallest absolute Gasteiger partial charge is 0.250 e. The van der Waals surface area contributed by atoms with E-state index in [1.165, 1.54) is 10.6 Å². The van der Waals surface area contributed by atoms with E-state index in [0.29, 0.717) is 6.54 Å². The molecule has 17 heavy (non-hydrogen) atoms. The van der Waals surface area contributed by atoms with Crippen molar-refractivity contribution in [2.75, 3.05) is 6.54 Å². The fraction of sp³-hybridized carbons (Fsp3) is 0.455. The third kappa shape index (κ3) is 6.09. The predicted molar refractivity (Wildman–Crippen MR) is 69.2 cm³/mol. The van der Waals surface area contributed by atoms with Gasteiger partial charge in [0.15, 0.2) is 0 Å². The summed E-state index contributed by atoms with van der Waals surface area (Å²) in [6.07, 6.45) is 1.58. The predicted octanol–water partition coefficient (Wildman–Crippen LogP) is 0.124. The molecule has 1 heterocycles. The average molecular weight is 260 g/mol. The van der Waals surface area contributed by atoms with E-state index in [-0.39, 0.29) is 30.4 Å². The summed E-state index contributed by atoms with van der Waals surface area (Å²) in [5, 5.41) is 2.67. The third-order valence-corrected chi connectivity index (χ3v) is 1.95. The number of nitrogens with one attached hydrogen (secondary N) is 1. The molecule has 96 valence electrons. The first kappa shape index (κ1) is 15.7. The van der Waals surface area contributed by atoms with Crippen LogP contribution >= 0.6 is 12.4 Å². The number of carbonyl (C=O) groups is 1. The summed E-state index contributed by atoms with van der Waals surface area (Å²) in [6.45, 7) is 4.05. The zero-order chi connectivity index (χ0) is 12.2. The Morgan fingerprint density at radius 2 is 2.12 bits per heavy atom. The summed E-state index contributed by atoms with van der Waals surface area (Å²) >= 11 is 0. The lowest BCUT2D eigenvalue weighted by Gasteiger charge is -2.19. The number of nitrogens with zero attached hydrogens (tertiary/aromatic N) is 1. The molecule has 0 aliphatic heterocycles. The fourth-order valence-electron chi connectivity index (χ4n) is 1.13. The maximum absolute atomic E-state index is 11.5. The van der Waals surface area contributed by atoms with Gasteiger partial charge in [-0.25, -0.2) is 0 Å². The zero-order valence-electron chi connectivity index (χ0n) is 9.97. The summed E-state index contributed by atoms with van der Waals surface area (Å²) in [5.74, 6) is -0.216. The van der Waals surface area contributed by atoms with Crippen molar-refractivity contribution in [2.45, 2.75) is 25.9 Å². The van der Waals surface area contributed by atoms with Crippen molar-refractivity contribution in [2.24, 2.45) is 5.73 Å². The van der Waals surface area contributed by atoms with Crippen LogP contribution < -0.4 is 16.6 Å². The number of amides is 1. The molecule has 0 atom stereocenters. The van der Waals surface area contributed by atoms with Gasteiger partial charge in [0, 0.05) is 24.3 Å². The second-order valence-electron chi connectivity index (χ2n) is 4.43. The summed E-state index contributed by atoms with van der Waals surface area (Å²) in [5.41, 5.74) is 5.09. The molecule has 5 nitrogen and oxygen atoms in total. The summed E-state index contributed by atoms with van der Waals surface area (Å²) in [7, 11) is 0. The quantitative estimate of drug-likeness (QED) is 0.807. The normalized spacial score (nSPS) is 10.5. The lowest BCUT2D eigenvalue weighted by atomic mass is 10.1. The molecule has 0 aliphatic carbocycles. The molecule has 0 radical (unpaired) electrons. The van der Waals surface area contributed by atoms with Crippen LogP contribution in [-0.2, 0) is 11.3 Å². The first-order valence-electron chi connectivity index (χ1n) is 5.09. The van der Waals surface area contributed by atoms with Crippen LogP contribution in [0.3, 0.4) is 0 Å². The first-order valence-corrected chi connectivity index (χ1v) is 5.09. The molecular weight excluding hydrogens is 242 g/mol. The van der Waals surface area contributed by atoms with Gasteiger partial charge in [0.1, 0.15) is 6.54 Å². The second-order valence-corrected chi connectivity index (χ2v) is 4.43. The number of nitrogens with two attached hydrogens (primary N) is 1. The Labute approximate surface area is 106 Å². The van der Waals surface area contributed by atoms with Gasteiger partial charge in [0.2, 0.25) is 5.91 Å². The Balaban J connectivity index is 0.00000256. The number of hydrogen-bond acceptors (Lipinski definition) is 3. The van der Waals surface area contributed by atoms with Gasteiger partial charge in [-0.05, 0) is 19.9 Å². The van der Waals surface area contributed by atoms with Crippen LogP contribution in [0, 0.1) is 0 Å². The number of rotatable bonds is 4. The zero-order valence-corrected chi connectivity index (χ0v) is 10.8. The second kappa shape index (κ2) is 6.42. The van der Waals surface area contributed by atoms with Gasteiger partial charge in [-0.2, -0.15) is 0 Å². The summed E-state index contributed by atoms with van der Waals surface area (Å²) in [4.78, 5) is 22.8. The molecule has 0 fully saturated rings. The number of hydrogen-bond donors (Lipinski definition) is 2. The van der Waals surface area contributed by atoms with Gasteiger partial charge >= 0.3 is 0 Å². The van der Waals surface area contributed by atoms with Crippen molar-refractivity contribution < 1.29 is 4.79 Å². The molecule has 1 rings (SSSR count). The fourth-order valence-corrected chi connectivity index (χ4v) is 1.13. The molecule has 0 spiro atoms. The van der Waals surface area contributed by atoms with Gasteiger partial charge in [-0.15, -0.1) is 12.4 Å². The highest BCUT2D eigenvalue weighted by atomic mass is 35.5. The molecule has 0 aromatic carbocycles. The lowest BCUT2D eigenvalue weighted by Crippen LogP contribution is -2.46. The number of halogens is 1. The van der Waals surface area contributed by atoms with Gasteiger partial charge in [-0.1, -0.05) is 6.07 Å². The molecule has 0 unspecified atom stereocenters. The number of pyridine rings is 1. The number of carbonyl (C=O) groups excluding carboxylic acids is 1. The Kier molecular flexibility index (Phi) is 5.91. The van der Waals surface area contributed by atoms with Crippen molar-refractivity contribution in [1.82, 2.24) is 9.88 Å². The highest BCUT2D eigenvalue weighted by Gasteiger charge is 2.12. The first-order chi connectivity index (χ1) is 7.38. The van der Waals surface area contributed by atoms with E-state index in [1.54, 1.807) is 18.3 Å². The Morgan fingerprint density at radius 3 is 2.65 bits per heavy atom. The highest BCUT2D eigenvalue weighted by molar-refractivity contribution is 5.85. The van der Waals surface area contributed by atoms with E-state index >= 15 is 0 Å². The molecule has 0 bridgehead atoms. The average Bonchev–Trinajstić information content (AvgIpc) is 2.18. The number of aromatic nitrogens is 1. The summed E-state index contributed by atoms with van der Waals surface area (Å²) in [6, 6.07) is 4.77. The molecule has 1 aromatic heterocycles. The lowest BCUT2D eigenvalue weighted by molar-refractivity contribution is -0.121. The molecule has 0 aliphatic rings. The summed E-state index contributed by atoms with van der Waals surface area (Å²) < 4.78 is 1.35. The molecule has 1 amide bonds. The largest absolute Gasteiger partial charge is 0.353 e. The van der Waals surface area contributed by atoms with Gasteiger partial charge in [0.05, 0.1) is 0 Å². The maximum Gasteiger partial charge on any atom is 0.250 e. The van der Waals surface area contributed by atoms with E-state index in [0.717, 1.165) is 0 Å².